The number of carbonyl (C=O) groups is 1. The SMILES string of the molecule is O=C(Cn1nnc2c(cnn2-c2ccccc2)c1=O)NCc1ccccc1F. The van der Waals surface area contributed by atoms with Crippen LogP contribution in [0, 0.1) is 5.82 Å². The fraction of sp³-hybridized carbons (Fsp3) is 0.105. The van der Waals surface area contributed by atoms with Crippen molar-refractivity contribution in [3.63, 3.8) is 0 Å². The highest BCUT2D eigenvalue weighted by molar-refractivity contribution is 5.77. The normalized spacial score (nSPS) is 10.9. The molecule has 0 aliphatic rings. The number of halogens is 1. The van der Waals surface area contributed by atoms with E-state index in [-0.39, 0.29) is 18.5 Å². The van der Waals surface area contributed by atoms with Crippen LogP contribution >= 0.6 is 0 Å². The van der Waals surface area contributed by atoms with Gasteiger partial charge in [0.15, 0.2) is 5.65 Å². The maximum Gasteiger partial charge on any atom is 0.281 e. The van der Waals surface area contributed by atoms with Gasteiger partial charge in [-0.3, -0.25) is 9.59 Å². The van der Waals surface area contributed by atoms with Crippen LogP contribution in [0.4, 0.5) is 4.39 Å². The maximum atomic E-state index is 13.6. The van der Waals surface area contributed by atoms with Gasteiger partial charge in [0.1, 0.15) is 17.7 Å². The predicted molar refractivity (Wildman–Crippen MR) is 99.2 cm³/mol. The van der Waals surface area contributed by atoms with E-state index in [0.717, 1.165) is 10.4 Å². The second-order valence-corrected chi connectivity index (χ2v) is 6.05. The molecule has 4 aromatic rings. The number of nitrogens with zero attached hydrogens (tertiary/aromatic N) is 5. The largest absolute Gasteiger partial charge is 0.350 e. The molecule has 28 heavy (non-hydrogen) atoms. The summed E-state index contributed by atoms with van der Waals surface area (Å²) in [5, 5.41) is 14.9. The lowest BCUT2D eigenvalue weighted by molar-refractivity contribution is -0.122. The lowest BCUT2D eigenvalue weighted by atomic mass is 10.2. The molecule has 1 N–H and O–H groups in total. The van der Waals surface area contributed by atoms with Crippen molar-refractivity contribution < 1.29 is 9.18 Å². The van der Waals surface area contributed by atoms with Crippen LogP contribution in [0.2, 0.25) is 0 Å². The van der Waals surface area contributed by atoms with E-state index in [9.17, 15) is 14.0 Å². The zero-order chi connectivity index (χ0) is 19.5. The van der Waals surface area contributed by atoms with Crippen molar-refractivity contribution in [2.75, 3.05) is 0 Å². The molecule has 0 atom stereocenters. The molecule has 0 aliphatic heterocycles. The van der Waals surface area contributed by atoms with E-state index in [0.29, 0.717) is 11.2 Å². The van der Waals surface area contributed by atoms with Crippen LogP contribution in [0.3, 0.4) is 0 Å². The zero-order valence-corrected chi connectivity index (χ0v) is 14.6. The molecule has 2 heterocycles. The highest BCUT2D eigenvalue weighted by Gasteiger charge is 2.14. The Kier molecular flexibility index (Phi) is 4.63. The molecule has 4 rings (SSSR count). The van der Waals surface area contributed by atoms with Crippen molar-refractivity contribution >= 4 is 16.9 Å². The molecular formula is C19H15FN6O2. The number of aromatic nitrogens is 5. The Morgan fingerprint density at radius 3 is 2.61 bits per heavy atom. The van der Waals surface area contributed by atoms with Gasteiger partial charge in [0.25, 0.3) is 5.56 Å². The van der Waals surface area contributed by atoms with E-state index >= 15 is 0 Å². The van der Waals surface area contributed by atoms with E-state index in [2.05, 4.69) is 20.7 Å². The van der Waals surface area contributed by atoms with Gasteiger partial charge >= 0.3 is 0 Å². The lowest BCUT2D eigenvalue weighted by Crippen LogP contribution is -2.34. The summed E-state index contributed by atoms with van der Waals surface area (Å²) in [4.78, 5) is 24.7. The summed E-state index contributed by atoms with van der Waals surface area (Å²) < 4.78 is 16.1. The van der Waals surface area contributed by atoms with Crippen LogP contribution in [-0.4, -0.2) is 30.7 Å². The first-order valence-corrected chi connectivity index (χ1v) is 8.50. The average Bonchev–Trinajstić information content (AvgIpc) is 3.15. The molecule has 2 aromatic heterocycles. The van der Waals surface area contributed by atoms with Crippen LogP contribution in [0.1, 0.15) is 5.56 Å². The molecule has 0 unspecified atom stereocenters. The highest BCUT2D eigenvalue weighted by atomic mass is 19.1. The summed E-state index contributed by atoms with van der Waals surface area (Å²) >= 11 is 0. The Morgan fingerprint density at radius 1 is 1.07 bits per heavy atom. The molecule has 140 valence electrons. The summed E-state index contributed by atoms with van der Waals surface area (Å²) in [6, 6.07) is 15.4. The van der Waals surface area contributed by atoms with E-state index in [1.807, 2.05) is 30.3 Å². The fourth-order valence-corrected chi connectivity index (χ4v) is 2.75. The number of carbonyl (C=O) groups excluding carboxylic acids is 1. The molecule has 0 aliphatic carbocycles. The Balaban J connectivity index is 1.53. The minimum atomic E-state index is -0.478. The van der Waals surface area contributed by atoms with E-state index < -0.39 is 17.3 Å². The molecule has 0 saturated carbocycles. The quantitative estimate of drug-likeness (QED) is 0.567. The first kappa shape index (κ1) is 17.5. The predicted octanol–water partition coefficient (Wildman–Crippen LogP) is 1.43. The molecule has 2 aromatic carbocycles. The molecule has 0 radical (unpaired) electrons. The van der Waals surface area contributed by atoms with Gasteiger partial charge in [-0.1, -0.05) is 41.6 Å². The summed E-state index contributed by atoms with van der Waals surface area (Å²) in [5.41, 5.74) is 0.924. The van der Waals surface area contributed by atoms with Crippen molar-refractivity contribution in [3.8, 4) is 5.69 Å². The van der Waals surface area contributed by atoms with E-state index in [4.69, 9.17) is 0 Å². The molecule has 0 saturated heterocycles. The summed E-state index contributed by atoms with van der Waals surface area (Å²) in [6.45, 7) is -0.311. The molecular weight excluding hydrogens is 363 g/mol. The highest BCUT2D eigenvalue weighted by Crippen LogP contribution is 2.12. The number of rotatable bonds is 5. The minimum absolute atomic E-state index is 0.0157. The minimum Gasteiger partial charge on any atom is -0.350 e. The summed E-state index contributed by atoms with van der Waals surface area (Å²) in [7, 11) is 0. The molecule has 0 bridgehead atoms. The number of amides is 1. The van der Waals surface area contributed by atoms with Gasteiger partial charge in [-0.25, -0.2) is 13.8 Å². The second-order valence-electron chi connectivity index (χ2n) is 6.05. The third kappa shape index (κ3) is 3.37. The number of para-hydroxylation sites is 1. The second kappa shape index (κ2) is 7.39. The Bertz CT molecular complexity index is 1200. The molecule has 8 nitrogen and oxygen atoms in total. The number of hydrogen-bond donors (Lipinski definition) is 1. The third-order valence-corrected chi connectivity index (χ3v) is 4.18. The van der Waals surface area contributed by atoms with Gasteiger partial charge < -0.3 is 5.32 Å². The van der Waals surface area contributed by atoms with Crippen molar-refractivity contribution in [2.45, 2.75) is 13.1 Å². The average molecular weight is 378 g/mol. The third-order valence-electron chi connectivity index (χ3n) is 4.18. The van der Waals surface area contributed by atoms with Gasteiger partial charge in [-0.2, -0.15) is 5.10 Å². The topological polar surface area (TPSA) is 94.7 Å². The standard InChI is InChI=1S/C19H15FN6O2/c20-16-9-5-4-6-13(16)10-21-17(27)12-25-19(28)15-11-22-26(18(15)23-24-25)14-7-2-1-3-8-14/h1-9,11H,10,12H2,(H,21,27). The van der Waals surface area contributed by atoms with Gasteiger partial charge in [0.2, 0.25) is 5.91 Å². The summed E-state index contributed by atoms with van der Waals surface area (Å²) in [5.74, 6) is -0.885. The van der Waals surface area contributed by atoms with E-state index in [1.54, 1.807) is 18.2 Å². The Hall–Kier alpha value is -3.88. The van der Waals surface area contributed by atoms with Crippen molar-refractivity contribution in [1.82, 2.24) is 30.1 Å². The van der Waals surface area contributed by atoms with Gasteiger partial charge in [0.05, 0.1) is 11.9 Å². The number of nitrogens with one attached hydrogen (secondary N) is 1. The smallest absolute Gasteiger partial charge is 0.281 e. The van der Waals surface area contributed by atoms with Crippen LogP contribution < -0.4 is 10.9 Å². The molecule has 1 amide bonds. The van der Waals surface area contributed by atoms with Crippen LogP contribution in [-0.2, 0) is 17.9 Å². The lowest BCUT2D eigenvalue weighted by Gasteiger charge is -2.07. The van der Waals surface area contributed by atoms with Crippen molar-refractivity contribution in [3.05, 3.63) is 82.5 Å². The van der Waals surface area contributed by atoms with Crippen LogP contribution in [0.15, 0.2) is 65.6 Å². The summed E-state index contributed by atoms with van der Waals surface area (Å²) in [6.07, 6.45) is 1.40. The van der Waals surface area contributed by atoms with Gasteiger partial charge in [0, 0.05) is 12.1 Å². The van der Waals surface area contributed by atoms with Crippen molar-refractivity contribution in [2.24, 2.45) is 0 Å². The van der Waals surface area contributed by atoms with Crippen LogP contribution in [0.5, 0.6) is 0 Å². The van der Waals surface area contributed by atoms with Crippen LogP contribution in [0.25, 0.3) is 16.7 Å². The molecule has 0 fully saturated rings. The Morgan fingerprint density at radius 2 is 1.82 bits per heavy atom. The van der Waals surface area contributed by atoms with Crippen molar-refractivity contribution in [1.29, 1.82) is 0 Å². The van der Waals surface area contributed by atoms with Gasteiger partial charge in [-0.15, -0.1) is 5.10 Å². The first-order valence-electron chi connectivity index (χ1n) is 8.50. The number of benzene rings is 2. The monoisotopic (exact) mass is 378 g/mol. The molecule has 9 heteroatoms. The molecule has 0 spiro atoms. The zero-order valence-electron chi connectivity index (χ0n) is 14.6. The first-order chi connectivity index (χ1) is 13.6. The van der Waals surface area contributed by atoms with E-state index in [1.165, 1.54) is 16.9 Å². The fourth-order valence-electron chi connectivity index (χ4n) is 2.75. The maximum absolute atomic E-state index is 13.6. The Labute approximate surface area is 158 Å². The number of hydrogen-bond acceptors (Lipinski definition) is 5. The number of fused-ring (bicyclic) bond motifs is 1. The van der Waals surface area contributed by atoms with Gasteiger partial charge in [-0.05, 0) is 18.2 Å².